The maximum absolute atomic E-state index is 11.5. The van der Waals surface area contributed by atoms with Gasteiger partial charge in [-0.05, 0) is 11.8 Å². The van der Waals surface area contributed by atoms with Crippen molar-refractivity contribution in [1.82, 2.24) is 19.5 Å². The number of imidazole rings is 1. The van der Waals surface area contributed by atoms with Crippen molar-refractivity contribution >= 4 is 51.2 Å². The number of nitrogen functional groups attached to an aromatic ring is 1. The van der Waals surface area contributed by atoms with Crippen LogP contribution >= 0.6 is 22.4 Å². The molecule has 30 heavy (non-hydrogen) atoms. The SMILES string of the molecule is Nc1ncnc2c1ncn2[C@H]1C[C@H](O)[C@@H](COP(O)(=[35S])OP(=O)(O)OP(=O)(O)O)O1. The molecule has 0 aliphatic carbocycles. The summed E-state index contributed by atoms with van der Waals surface area (Å²) in [5, 5.41) is 10.2. The molecule has 1 saturated heterocycles. The minimum atomic E-state index is -5.43. The second-order valence-electron chi connectivity index (χ2n) is 5.90. The molecule has 0 spiro atoms. The third-order valence-electron chi connectivity index (χ3n) is 3.72. The molecule has 2 unspecified atom stereocenters. The van der Waals surface area contributed by atoms with E-state index in [0.29, 0.717) is 11.2 Å². The van der Waals surface area contributed by atoms with Crippen molar-refractivity contribution in [1.29, 1.82) is 0 Å². The summed E-state index contributed by atoms with van der Waals surface area (Å²) >= 11 is 4.51. The molecule has 20 heteroatoms. The van der Waals surface area contributed by atoms with Crippen LogP contribution in [0.5, 0.6) is 0 Å². The highest BCUT2D eigenvalue weighted by Crippen LogP contribution is 2.66. The molecule has 2 aromatic heterocycles. The summed E-state index contributed by atoms with van der Waals surface area (Å²) in [6.07, 6.45) is -0.213. The molecule has 7 N–H and O–H groups in total. The van der Waals surface area contributed by atoms with Crippen LogP contribution in [0.1, 0.15) is 12.6 Å². The normalized spacial score (nSPS) is 26.5. The fraction of sp³-hybridized carbons (Fsp3) is 0.500. The van der Waals surface area contributed by atoms with Crippen molar-refractivity contribution in [3.8, 4) is 0 Å². The number of anilines is 1. The van der Waals surface area contributed by atoms with Gasteiger partial charge >= 0.3 is 22.4 Å². The molecule has 16 nitrogen and oxygen atoms in total. The molecule has 1 fully saturated rings. The quantitative estimate of drug-likeness (QED) is 0.246. The van der Waals surface area contributed by atoms with E-state index in [-0.39, 0.29) is 12.2 Å². The zero-order valence-corrected chi connectivity index (χ0v) is 18.1. The molecule has 0 bridgehead atoms. The molecule has 0 amide bonds. The number of nitrogens with two attached hydrogens (primary N) is 1. The van der Waals surface area contributed by atoms with Crippen molar-refractivity contribution in [2.45, 2.75) is 24.9 Å². The summed E-state index contributed by atoms with van der Waals surface area (Å²) < 4.78 is 41.8. The van der Waals surface area contributed by atoms with Crippen LogP contribution in [0.4, 0.5) is 5.82 Å². The molecule has 1 aliphatic rings. The minimum Gasteiger partial charge on any atom is -0.390 e. The first-order valence-electron chi connectivity index (χ1n) is 7.81. The van der Waals surface area contributed by atoms with Gasteiger partial charge in [-0.15, -0.1) is 0 Å². The molecule has 0 saturated carbocycles. The lowest BCUT2D eigenvalue weighted by Crippen LogP contribution is -2.26. The minimum absolute atomic E-state index is 0.0678. The van der Waals surface area contributed by atoms with Crippen molar-refractivity contribution in [3.05, 3.63) is 12.7 Å². The van der Waals surface area contributed by atoms with Crippen molar-refractivity contribution in [3.63, 3.8) is 0 Å². The standard InChI is InChI=1S/C10H16N5O11P3S/c11-9-8-10(13-3-12-9)15(4-14-8)7-1-5(16)6(24-7)2-23-29(22,30)26-28(20,21)25-27(17,18)19/h3-7,16H,1-2H2,(H,20,21)(H,22,30)(H2,11,12,13)(H2,17,18,19)/t5-,6+,7+,29?/m0/s1/i30+3. The zero-order chi connectivity index (χ0) is 22.3. The van der Waals surface area contributed by atoms with E-state index < -0.39 is 47.4 Å². The number of phosphoric acid groups is 2. The molecule has 0 aromatic carbocycles. The Morgan fingerprint density at radius 2 is 1.93 bits per heavy atom. The molecular formula is C10H16N5O11P3S. The van der Waals surface area contributed by atoms with Gasteiger partial charge in [0.1, 0.15) is 24.2 Å². The lowest BCUT2D eigenvalue weighted by Gasteiger charge is -2.21. The van der Waals surface area contributed by atoms with E-state index in [2.05, 4.69) is 35.4 Å². The highest BCUT2D eigenvalue weighted by atomic mass is 35.1. The van der Waals surface area contributed by atoms with E-state index in [1.54, 1.807) is 0 Å². The van der Waals surface area contributed by atoms with Gasteiger partial charge in [0.2, 0.25) is 0 Å². The number of aliphatic hydroxyl groups is 1. The Morgan fingerprint density at radius 1 is 1.23 bits per heavy atom. The van der Waals surface area contributed by atoms with Crippen LogP contribution in [0.25, 0.3) is 11.2 Å². The second-order valence-corrected chi connectivity index (χ2v) is 11.7. The van der Waals surface area contributed by atoms with Crippen LogP contribution in [0.2, 0.25) is 0 Å². The Morgan fingerprint density at radius 3 is 2.60 bits per heavy atom. The maximum Gasteiger partial charge on any atom is 0.488 e. The van der Waals surface area contributed by atoms with Gasteiger partial charge in [0.05, 0.1) is 19.0 Å². The molecular weight excluding hydrogens is 494 g/mol. The number of hydrogen-bond donors (Lipinski definition) is 6. The van der Waals surface area contributed by atoms with Crippen LogP contribution in [0, 0.1) is 0 Å². The van der Waals surface area contributed by atoms with Crippen molar-refractivity contribution in [2.24, 2.45) is 0 Å². The Hall–Kier alpha value is -0.900. The summed E-state index contributed by atoms with van der Waals surface area (Å²) in [7, 11) is -10.8. The van der Waals surface area contributed by atoms with E-state index in [1.807, 2.05) is 0 Å². The molecule has 5 atom stereocenters. The highest BCUT2D eigenvalue weighted by Gasteiger charge is 2.41. The van der Waals surface area contributed by atoms with Crippen molar-refractivity contribution in [2.75, 3.05) is 12.3 Å². The van der Waals surface area contributed by atoms with E-state index in [4.69, 9.17) is 24.8 Å². The van der Waals surface area contributed by atoms with Gasteiger partial charge in [-0.3, -0.25) is 4.57 Å². The van der Waals surface area contributed by atoms with Crippen LogP contribution in [-0.2, 0) is 38.8 Å². The first-order valence-corrected chi connectivity index (χ1v) is 13.4. The zero-order valence-electron chi connectivity index (χ0n) is 14.6. The van der Waals surface area contributed by atoms with Gasteiger partial charge in [-0.1, -0.05) is 0 Å². The van der Waals surface area contributed by atoms with Gasteiger partial charge in [0.25, 0.3) is 0 Å². The molecule has 3 rings (SSSR count). The number of ether oxygens (including phenoxy) is 1. The Balaban J connectivity index is 1.64. The summed E-state index contributed by atoms with van der Waals surface area (Å²) in [4.78, 5) is 48.2. The van der Waals surface area contributed by atoms with E-state index in [9.17, 15) is 24.0 Å². The average Bonchev–Trinajstić information content (AvgIpc) is 3.14. The molecule has 168 valence electrons. The smallest absolute Gasteiger partial charge is 0.390 e. The van der Waals surface area contributed by atoms with Gasteiger partial charge in [0.15, 0.2) is 11.5 Å². The van der Waals surface area contributed by atoms with Gasteiger partial charge < -0.3 is 39.7 Å². The van der Waals surface area contributed by atoms with Crippen molar-refractivity contribution < 1.29 is 51.7 Å². The first-order chi connectivity index (χ1) is 13.8. The van der Waals surface area contributed by atoms with E-state index >= 15 is 0 Å². The monoisotopic (exact) mass is 510 g/mol. The molecule has 0 radical (unpaired) electrons. The van der Waals surface area contributed by atoms with Crippen LogP contribution in [0.15, 0.2) is 12.7 Å². The van der Waals surface area contributed by atoms with Crippen LogP contribution in [0.3, 0.4) is 0 Å². The second kappa shape index (κ2) is 8.56. The molecule has 1 aliphatic heterocycles. The van der Waals surface area contributed by atoms with Crippen LogP contribution in [-0.4, -0.2) is 63.0 Å². The summed E-state index contributed by atoms with van der Waals surface area (Å²) in [6.45, 7) is -5.08. The topological polar surface area (TPSA) is 242 Å². The van der Waals surface area contributed by atoms with Gasteiger partial charge in [-0.25, -0.2) is 28.4 Å². The highest BCUT2D eigenvalue weighted by molar-refractivity contribution is 8.08. The van der Waals surface area contributed by atoms with E-state index in [0.717, 1.165) is 0 Å². The number of aliphatic hydroxyl groups excluding tert-OH is 1. The maximum atomic E-state index is 11.5. The Kier molecular flexibility index (Phi) is 6.78. The van der Waals surface area contributed by atoms with Crippen LogP contribution < -0.4 is 5.73 Å². The predicted octanol–water partition coefficient (Wildman–Crippen LogP) is -0.483. The largest absolute Gasteiger partial charge is 0.488 e. The number of hydrogen-bond acceptors (Lipinski definition) is 12. The third-order valence-corrected chi connectivity index (χ3v) is 8.44. The fourth-order valence-electron chi connectivity index (χ4n) is 2.59. The van der Waals surface area contributed by atoms with Gasteiger partial charge in [0, 0.05) is 6.42 Å². The van der Waals surface area contributed by atoms with E-state index in [1.165, 1.54) is 17.2 Å². The number of rotatable bonds is 8. The lowest BCUT2D eigenvalue weighted by atomic mass is 10.2. The summed E-state index contributed by atoms with van der Waals surface area (Å²) in [5.74, 6) is 0.154. The Bertz CT molecular complexity index is 1080. The number of nitrogens with zero attached hydrogens (tertiary/aromatic N) is 4. The fourth-order valence-corrected chi connectivity index (χ4v) is 6.56. The summed E-state index contributed by atoms with van der Waals surface area (Å²) in [5.41, 5.74) is 6.40. The third kappa shape index (κ3) is 5.87. The Labute approximate surface area is 172 Å². The number of aromatic nitrogens is 4. The number of fused-ring (bicyclic) bond motifs is 1. The first kappa shape index (κ1) is 23.8. The average molecular weight is 510 g/mol. The molecule has 2 aromatic rings. The predicted molar refractivity (Wildman–Crippen MR) is 101 cm³/mol. The molecule has 3 heterocycles. The lowest BCUT2D eigenvalue weighted by molar-refractivity contribution is -0.0399. The van der Waals surface area contributed by atoms with Gasteiger partial charge in [-0.2, -0.15) is 4.31 Å². The summed E-state index contributed by atoms with van der Waals surface area (Å²) in [6, 6.07) is 0.